The van der Waals surface area contributed by atoms with Gasteiger partial charge < -0.3 is 19.5 Å². The van der Waals surface area contributed by atoms with Crippen LogP contribution in [0.2, 0.25) is 0 Å². The van der Waals surface area contributed by atoms with Gasteiger partial charge in [-0.25, -0.2) is 8.78 Å². The van der Waals surface area contributed by atoms with Gasteiger partial charge in [-0.1, -0.05) is 18.2 Å². The van der Waals surface area contributed by atoms with Gasteiger partial charge in [0, 0.05) is 18.5 Å². The van der Waals surface area contributed by atoms with Crippen molar-refractivity contribution in [2.24, 2.45) is 0 Å². The lowest BCUT2D eigenvalue weighted by molar-refractivity contribution is -0.115. The standard InChI is InChI=1S/C27H27F2NO4/c1-2-33-22-8-3-19(4-9-22)17-26(31)30-21-6-10-23(11-7-21)34-27(13-15-32-16-14-27)20-5-12-24(28)25(29)18-20/h3-12,18H,2,13-17H2,1H3,(H,30,31). The zero-order chi connectivity index (χ0) is 24.0. The quantitative estimate of drug-likeness (QED) is 0.467. The van der Waals surface area contributed by atoms with Gasteiger partial charge in [-0.15, -0.1) is 0 Å². The van der Waals surface area contributed by atoms with Gasteiger partial charge >= 0.3 is 0 Å². The number of hydrogen-bond acceptors (Lipinski definition) is 4. The maximum atomic E-state index is 13.9. The van der Waals surface area contributed by atoms with Gasteiger partial charge in [-0.2, -0.15) is 0 Å². The summed E-state index contributed by atoms with van der Waals surface area (Å²) in [6.45, 7) is 3.43. The largest absolute Gasteiger partial charge is 0.494 e. The Hall–Kier alpha value is -3.45. The molecule has 1 N–H and O–H groups in total. The van der Waals surface area contributed by atoms with E-state index in [1.54, 1.807) is 30.3 Å². The minimum atomic E-state index is -0.905. The lowest BCUT2D eigenvalue weighted by atomic mass is 9.86. The molecule has 1 amide bonds. The van der Waals surface area contributed by atoms with Crippen LogP contribution in [-0.2, 0) is 21.6 Å². The van der Waals surface area contributed by atoms with Gasteiger partial charge in [0.2, 0.25) is 5.91 Å². The highest BCUT2D eigenvalue weighted by atomic mass is 19.2. The van der Waals surface area contributed by atoms with Crippen molar-refractivity contribution in [3.05, 3.63) is 89.5 Å². The van der Waals surface area contributed by atoms with Crippen molar-refractivity contribution in [2.45, 2.75) is 31.8 Å². The molecule has 5 nitrogen and oxygen atoms in total. The SMILES string of the molecule is CCOc1ccc(CC(=O)Nc2ccc(OC3(c4ccc(F)c(F)c4)CCOCC3)cc2)cc1. The number of anilines is 1. The molecule has 0 bridgehead atoms. The average molecular weight is 468 g/mol. The van der Waals surface area contributed by atoms with E-state index in [1.165, 1.54) is 6.07 Å². The molecule has 1 saturated heterocycles. The molecular weight excluding hydrogens is 440 g/mol. The van der Waals surface area contributed by atoms with Crippen LogP contribution >= 0.6 is 0 Å². The van der Waals surface area contributed by atoms with Crippen LogP contribution in [0.25, 0.3) is 0 Å². The highest BCUT2D eigenvalue weighted by molar-refractivity contribution is 5.92. The number of carbonyl (C=O) groups excluding carboxylic acids is 1. The van der Waals surface area contributed by atoms with Crippen molar-refractivity contribution in [2.75, 3.05) is 25.1 Å². The molecule has 34 heavy (non-hydrogen) atoms. The number of rotatable bonds is 8. The van der Waals surface area contributed by atoms with E-state index < -0.39 is 17.2 Å². The second-order valence-electron chi connectivity index (χ2n) is 8.16. The zero-order valence-corrected chi connectivity index (χ0v) is 19.0. The number of nitrogens with one attached hydrogen (secondary N) is 1. The van der Waals surface area contributed by atoms with Crippen LogP contribution in [0.15, 0.2) is 66.7 Å². The third-order valence-electron chi connectivity index (χ3n) is 5.80. The third-order valence-corrected chi connectivity index (χ3v) is 5.80. The fourth-order valence-corrected chi connectivity index (χ4v) is 4.02. The normalized spacial score (nSPS) is 14.9. The predicted octanol–water partition coefficient (Wildman–Crippen LogP) is 5.63. The monoisotopic (exact) mass is 467 g/mol. The highest BCUT2D eigenvalue weighted by Gasteiger charge is 2.37. The fourth-order valence-electron chi connectivity index (χ4n) is 4.02. The number of ether oxygens (including phenoxy) is 3. The molecule has 0 radical (unpaired) electrons. The molecule has 178 valence electrons. The van der Waals surface area contributed by atoms with Crippen LogP contribution in [0.5, 0.6) is 11.5 Å². The Morgan fingerprint density at radius 2 is 1.62 bits per heavy atom. The van der Waals surface area contributed by atoms with Crippen molar-refractivity contribution in [1.82, 2.24) is 0 Å². The van der Waals surface area contributed by atoms with E-state index in [0.29, 0.717) is 49.7 Å². The molecule has 0 atom stereocenters. The Morgan fingerprint density at radius 1 is 0.941 bits per heavy atom. The van der Waals surface area contributed by atoms with Crippen molar-refractivity contribution >= 4 is 11.6 Å². The zero-order valence-electron chi connectivity index (χ0n) is 19.0. The first-order valence-electron chi connectivity index (χ1n) is 11.3. The van der Waals surface area contributed by atoms with E-state index >= 15 is 0 Å². The van der Waals surface area contributed by atoms with Gasteiger partial charge in [-0.3, -0.25) is 4.79 Å². The van der Waals surface area contributed by atoms with E-state index in [-0.39, 0.29) is 12.3 Å². The van der Waals surface area contributed by atoms with Crippen LogP contribution in [-0.4, -0.2) is 25.7 Å². The maximum Gasteiger partial charge on any atom is 0.228 e. The molecule has 7 heteroatoms. The van der Waals surface area contributed by atoms with Crippen LogP contribution < -0.4 is 14.8 Å². The molecule has 1 heterocycles. The third kappa shape index (κ3) is 5.72. The second-order valence-corrected chi connectivity index (χ2v) is 8.16. The number of benzene rings is 3. The molecular formula is C27H27F2NO4. The van der Waals surface area contributed by atoms with Crippen molar-refractivity contribution < 1.29 is 27.8 Å². The van der Waals surface area contributed by atoms with Gasteiger partial charge in [0.25, 0.3) is 0 Å². The van der Waals surface area contributed by atoms with E-state index in [4.69, 9.17) is 14.2 Å². The highest BCUT2D eigenvalue weighted by Crippen LogP contribution is 2.38. The molecule has 4 rings (SSSR count). The van der Waals surface area contributed by atoms with E-state index in [0.717, 1.165) is 17.4 Å². The molecule has 0 aromatic heterocycles. The summed E-state index contributed by atoms with van der Waals surface area (Å²) >= 11 is 0. The lowest BCUT2D eigenvalue weighted by Gasteiger charge is -2.38. The summed E-state index contributed by atoms with van der Waals surface area (Å²) < 4.78 is 44.6. The fraction of sp³-hybridized carbons (Fsp3) is 0.296. The summed E-state index contributed by atoms with van der Waals surface area (Å²) in [6.07, 6.45) is 1.27. The van der Waals surface area contributed by atoms with Crippen LogP contribution in [0.1, 0.15) is 30.9 Å². The maximum absolute atomic E-state index is 13.9. The van der Waals surface area contributed by atoms with E-state index in [2.05, 4.69) is 5.32 Å². The second kappa shape index (κ2) is 10.7. The molecule has 0 spiro atoms. The summed E-state index contributed by atoms with van der Waals surface area (Å²) in [6, 6.07) is 18.3. The summed E-state index contributed by atoms with van der Waals surface area (Å²) in [7, 11) is 0. The average Bonchev–Trinajstić information content (AvgIpc) is 2.84. The smallest absolute Gasteiger partial charge is 0.228 e. The summed E-state index contributed by atoms with van der Waals surface area (Å²) in [5, 5.41) is 2.88. The minimum absolute atomic E-state index is 0.138. The summed E-state index contributed by atoms with van der Waals surface area (Å²) in [5.41, 5.74) is 1.28. The number of halogens is 2. The summed E-state index contributed by atoms with van der Waals surface area (Å²) in [5.74, 6) is -0.599. The van der Waals surface area contributed by atoms with Crippen molar-refractivity contribution in [3.8, 4) is 11.5 Å². The summed E-state index contributed by atoms with van der Waals surface area (Å²) in [4.78, 5) is 12.4. The molecule has 1 fully saturated rings. The predicted molar refractivity (Wildman–Crippen MR) is 125 cm³/mol. The van der Waals surface area contributed by atoms with Crippen molar-refractivity contribution in [3.63, 3.8) is 0 Å². The Kier molecular flexibility index (Phi) is 7.43. The number of amides is 1. The van der Waals surface area contributed by atoms with Gasteiger partial charge in [0.1, 0.15) is 17.1 Å². The molecule has 3 aromatic rings. The first-order chi connectivity index (χ1) is 16.5. The lowest BCUT2D eigenvalue weighted by Crippen LogP contribution is -2.39. The Morgan fingerprint density at radius 3 is 2.26 bits per heavy atom. The van der Waals surface area contributed by atoms with E-state index in [1.807, 2.05) is 31.2 Å². The van der Waals surface area contributed by atoms with Gasteiger partial charge in [-0.05, 0) is 66.6 Å². The van der Waals surface area contributed by atoms with Crippen molar-refractivity contribution in [1.29, 1.82) is 0 Å². The molecule has 0 unspecified atom stereocenters. The van der Waals surface area contributed by atoms with Crippen LogP contribution in [0, 0.1) is 11.6 Å². The topological polar surface area (TPSA) is 56.8 Å². The molecule has 1 aliphatic heterocycles. The molecule has 1 aliphatic rings. The first-order valence-corrected chi connectivity index (χ1v) is 11.3. The minimum Gasteiger partial charge on any atom is -0.494 e. The number of hydrogen-bond donors (Lipinski definition) is 1. The molecule has 3 aromatic carbocycles. The molecule has 0 saturated carbocycles. The van der Waals surface area contributed by atoms with Gasteiger partial charge in [0.05, 0.1) is 26.2 Å². The van der Waals surface area contributed by atoms with Crippen LogP contribution in [0.3, 0.4) is 0 Å². The van der Waals surface area contributed by atoms with Gasteiger partial charge in [0.15, 0.2) is 11.6 Å². The Labute approximate surface area is 197 Å². The van der Waals surface area contributed by atoms with Crippen LogP contribution in [0.4, 0.5) is 14.5 Å². The number of carbonyl (C=O) groups is 1. The first kappa shape index (κ1) is 23.7. The Balaban J connectivity index is 1.41. The van der Waals surface area contributed by atoms with E-state index in [9.17, 15) is 13.6 Å². The molecule has 0 aliphatic carbocycles. The Bertz CT molecular complexity index is 1110.